The van der Waals surface area contributed by atoms with Gasteiger partial charge in [-0.15, -0.1) is 0 Å². The number of benzene rings is 4. The van der Waals surface area contributed by atoms with E-state index < -0.39 is 11.8 Å². The van der Waals surface area contributed by atoms with Crippen molar-refractivity contribution < 1.29 is 28.2 Å². The Balaban J connectivity index is 1.19. The zero-order valence-electron chi connectivity index (χ0n) is 19.4. The number of carbonyl (C=O) groups is 3. The summed E-state index contributed by atoms with van der Waals surface area (Å²) in [6.45, 7) is 0.303. The van der Waals surface area contributed by atoms with Gasteiger partial charge in [-0.2, -0.15) is 0 Å². The number of ether oxygens (including phenoxy) is 2. The molecule has 1 aliphatic heterocycles. The van der Waals surface area contributed by atoms with Gasteiger partial charge in [-0.3, -0.25) is 14.5 Å². The fraction of sp³-hybridized carbons (Fsp3) is 0.0690. The van der Waals surface area contributed by atoms with Gasteiger partial charge in [-0.25, -0.2) is 9.18 Å². The molecule has 1 heterocycles. The van der Waals surface area contributed by atoms with Gasteiger partial charge in [0.05, 0.1) is 17.0 Å². The quantitative estimate of drug-likeness (QED) is 0.164. The lowest BCUT2D eigenvalue weighted by molar-refractivity contribution is -0.123. The predicted molar refractivity (Wildman–Crippen MR) is 140 cm³/mol. The van der Waals surface area contributed by atoms with E-state index in [0.717, 1.165) is 22.5 Å². The molecule has 8 heteroatoms. The van der Waals surface area contributed by atoms with E-state index in [0.29, 0.717) is 22.0 Å². The van der Waals surface area contributed by atoms with Gasteiger partial charge in [0.1, 0.15) is 23.9 Å². The number of nitrogens with zero attached hydrogens (tertiary/aromatic N) is 1. The third-order valence-corrected chi connectivity index (χ3v) is 6.57. The summed E-state index contributed by atoms with van der Waals surface area (Å²) in [6.07, 6.45) is 1.61. The summed E-state index contributed by atoms with van der Waals surface area (Å²) in [5.41, 5.74) is 0.891. The molecule has 0 saturated carbocycles. The normalized spacial score (nSPS) is 14.4. The summed E-state index contributed by atoms with van der Waals surface area (Å²) in [5, 5.41) is 1.65. The molecule has 0 atom stereocenters. The molecule has 0 radical (unpaired) electrons. The van der Waals surface area contributed by atoms with Crippen LogP contribution in [0.1, 0.15) is 15.9 Å². The van der Waals surface area contributed by atoms with E-state index in [2.05, 4.69) is 0 Å². The van der Waals surface area contributed by atoms with Crippen LogP contribution in [0.15, 0.2) is 95.9 Å². The second-order valence-electron chi connectivity index (χ2n) is 8.12. The van der Waals surface area contributed by atoms with Crippen LogP contribution in [0.5, 0.6) is 11.5 Å². The van der Waals surface area contributed by atoms with Crippen molar-refractivity contribution in [3.8, 4) is 11.5 Å². The number of fused-ring (bicyclic) bond motifs is 1. The molecule has 0 aliphatic carbocycles. The van der Waals surface area contributed by atoms with E-state index in [1.165, 1.54) is 29.2 Å². The van der Waals surface area contributed by atoms with Crippen molar-refractivity contribution in [2.75, 3.05) is 13.2 Å². The second kappa shape index (κ2) is 10.7. The van der Waals surface area contributed by atoms with E-state index in [9.17, 15) is 18.8 Å². The number of carbonyl (C=O) groups excluding carboxylic acids is 3. The first-order chi connectivity index (χ1) is 18.0. The van der Waals surface area contributed by atoms with Gasteiger partial charge in [0.25, 0.3) is 11.1 Å². The minimum absolute atomic E-state index is 0.128. The molecule has 0 spiro atoms. The van der Waals surface area contributed by atoms with Gasteiger partial charge in [-0.1, -0.05) is 48.5 Å². The Morgan fingerprint density at radius 2 is 1.62 bits per heavy atom. The number of rotatable bonds is 7. The fourth-order valence-electron chi connectivity index (χ4n) is 3.80. The van der Waals surface area contributed by atoms with Gasteiger partial charge >= 0.3 is 5.97 Å². The lowest BCUT2D eigenvalue weighted by atomic mass is 10.1. The molecular formula is C29H20FNO5S. The minimum atomic E-state index is -0.611. The Kier molecular flexibility index (Phi) is 7.00. The van der Waals surface area contributed by atoms with Gasteiger partial charge in [0.15, 0.2) is 0 Å². The third-order valence-electron chi connectivity index (χ3n) is 5.66. The molecular weight excluding hydrogens is 493 g/mol. The highest BCUT2D eigenvalue weighted by atomic mass is 32.2. The molecule has 2 amide bonds. The van der Waals surface area contributed by atoms with Crippen molar-refractivity contribution in [2.24, 2.45) is 0 Å². The summed E-state index contributed by atoms with van der Waals surface area (Å²) in [5.74, 6) is -0.448. The molecule has 0 N–H and O–H groups in total. The number of thioether (sulfide) groups is 1. The largest absolute Gasteiger partial charge is 0.491 e. The molecule has 0 aromatic heterocycles. The van der Waals surface area contributed by atoms with Crippen LogP contribution in [0.4, 0.5) is 9.18 Å². The number of amides is 2. The van der Waals surface area contributed by atoms with Crippen LogP contribution in [0, 0.1) is 5.82 Å². The van der Waals surface area contributed by atoms with Crippen molar-refractivity contribution in [1.82, 2.24) is 4.90 Å². The number of imide groups is 1. The van der Waals surface area contributed by atoms with Crippen LogP contribution < -0.4 is 9.47 Å². The zero-order valence-corrected chi connectivity index (χ0v) is 20.2. The smallest absolute Gasteiger partial charge is 0.343 e. The molecule has 184 valence electrons. The Hall–Kier alpha value is -4.43. The molecule has 0 unspecified atom stereocenters. The van der Waals surface area contributed by atoms with E-state index in [4.69, 9.17) is 9.47 Å². The molecule has 1 aliphatic rings. The summed E-state index contributed by atoms with van der Waals surface area (Å²) in [4.78, 5) is 38.9. The van der Waals surface area contributed by atoms with Crippen LogP contribution in [-0.2, 0) is 4.79 Å². The Bertz CT molecular complexity index is 1510. The van der Waals surface area contributed by atoms with Crippen molar-refractivity contribution in [2.45, 2.75) is 0 Å². The Morgan fingerprint density at radius 3 is 2.41 bits per heavy atom. The molecule has 37 heavy (non-hydrogen) atoms. The second-order valence-corrected chi connectivity index (χ2v) is 9.12. The molecule has 5 rings (SSSR count). The lowest BCUT2D eigenvalue weighted by Gasteiger charge is -2.14. The maximum atomic E-state index is 13.0. The lowest BCUT2D eigenvalue weighted by Crippen LogP contribution is -2.32. The fourth-order valence-corrected chi connectivity index (χ4v) is 4.66. The van der Waals surface area contributed by atoms with Gasteiger partial charge in [-0.05, 0) is 71.3 Å². The van der Waals surface area contributed by atoms with Crippen molar-refractivity contribution >= 4 is 45.7 Å². The van der Waals surface area contributed by atoms with E-state index in [1.54, 1.807) is 30.3 Å². The average molecular weight is 514 g/mol. The molecule has 0 bridgehead atoms. The zero-order chi connectivity index (χ0) is 25.8. The summed E-state index contributed by atoms with van der Waals surface area (Å²) in [7, 11) is 0. The first-order valence-corrected chi connectivity index (χ1v) is 12.2. The molecule has 1 saturated heterocycles. The first-order valence-electron chi connectivity index (χ1n) is 11.4. The maximum absolute atomic E-state index is 13.0. The number of esters is 1. The topological polar surface area (TPSA) is 72.9 Å². The molecule has 4 aromatic rings. The minimum Gasteiger partial charge on any atom is -0.491 e. The highest BCUT2D eigenvalue weighted by Gasteiger charge is 2.34. The third kappa shape index (κ3) is 5.54. The van der Waals surface area contributed by atoms with Crippen molar-refractivity contribution in [1.29, 1.82) is 0 Å². The van der Waals surface area contributed by atoms with E-state index in [-0.39, 0.29) is 29.9 Å². The van der Waals surface area contributed by atoms with Crippen LogP contribution >= 0.6 is 11.8 Å². The predicted octanol–water partition coefficient (Wildman–Crippen LogP) is 6.31. The summed E-state index contributed by atoms with van der Waals surface area (Å²) in [6, 6.07) is 25.1. The van der Waals surface area contributed by atoms with Crippen LogP contribution in [0.25, 0.3) is 16.8 Å². The van der Waals surface area contributed by atoms with Gasteiger partial charge < -0.3 is 9.47 Å². The van der Waals surface area contributed by atoms with Crippen LogP contribution in [0.3, 0.4) is 0 Å². The Labute approximate surface area is 216 Å². The van der Waals surface area contributed by atoms with E-state index in [1.807, 2.05) is 42.5 Å². The maximum Gasteiger partial charge on any atom is 0.343 e. The standard InChI is InChI=1S/C29H20FNO5S/c30-22-12-10-21(11-13-22)28(33)36-23-14-8-19(9-15-23)18-26-27(32)31(29(34)37-26)16-17-35-25-7-3-5-20-4-1-2-6-24(20)25/h1-15,18H,16-17H2/b26-18-. The van der Waals surface area contributed by atoms with Crippen LogP contribution in [0.2, 0.25) is 0 Å². The van der Waals surface area contributed by atoms with Crippen molar-refractivity contribution in [3.05, 3.63) is 113 Å². The SMILES string of the molecule is O=C(Oc1ccc(/C=C2\SC(=O)N(CCOc3cccc4ccccc34)C2=O)cc1)c1ccc(F)cc1. The Morgan fingerprint density at radius 1 is 0.892 bits per heavy atom. The monoisotopic (exact) mass is 513 g/mol. The summed E-state index contributed by atoms with van der Waals surface area (Å²) < 4.78 is 24.2. The molecule has 1 fully saturated rings. The van der Waals surface area contributed by atoms with Gasteiger partial charge in [0.2, 0.25) is 0 Å². The first kappa shape index (κ1) is 24.3. The highest BCUT2D eigenvalue weighted by Crippen LogP contribution is 2.32. The molecule has 6 nitrogen and oxygen atoms in total. The number of hydrogen-bond acceptors (Lipinski definition) is 6. The van der Waals surface area contributed by atoms with Crippen LogP contribution in [-0.4, -0.2) is 35.2 Å². The average Bonchev–Trinajstić information content (AvgIpc) is 3.17. The number of halogens is 1. The molecule has 4 aromatic carbocycles. The van der Waals surface area contributed by atoms with Crippen molar-refractivity contribution in [3.63, 3.8) is 0 Å². The van der Waals surface area contributed by atoms with E-state index >= 15 is 0 Å². The summed E-state index contributed by atoms with van der Waals surface area (Å²) >= 11 is 0.866. The number of hydrogen-bond donors (Lipinski definition) is 0. The van der Waals surface area contributed by atoms with Gasteiger partial charge in [0, 0.05) is 5.39 Å². The highest BCUT2D eigenvalue weighted by molar-refractivity contribution is 8.18.